The number of carbonyl (C=O) groups is 3. The quantitative estimate of drug-likeness (QED) is 0.0374. The lowest BCUT2D eigenvalue weighted by Crippen LogP contribution is -2.34. The van der Waals surface area contributed by atoms with Crippen LogP contribution in [0.15, 0.2) is 12.1 Å². The smallest absolute Gasteiger partial charge is 0.306 e. The van der Waals surface area contributed by atoms with Crippen molar-refractivity contribution in [3.63, 3.8) is 0 Å². The second kappa shape index (κ2) is 43.3. The summed E-state index contributed by atoms with van der Waals surface area (Å²) in [6.07, 6.45) is 39.0. The van der Waals surface area contributed by atoms with E-state index in [4.69, 9.17) is 9.47 Å². The summed E-state index contributed by atoms with van der Waals surface area (Å²) in [5.74, 6) is -0.390. The first-order valence-electron chi connectivity index (χ1n) is 26.7. The lowest BCUT2D eigenvalue weighted by molar-refractivity contribution is -0.150. The number of aliphatic hydroxyl groups is 1. The molecule has 1 heterocycles. The Bertz CT molecular complexity index is 1180. The normalized spacial score (nSPS) is 12.0. The number of unbranched alkanes of at least 4 members (excludes halogenated alkanes) is 25. The Morgan fingerprint density at radius 1 is 0.571 bits per heavy atom. The average molecular weight is 890 g/mol. The van der Waals surface area contributed by atoms with Gasteiger partial charge in [-0.25, -0.2) is 0 Å². The van der Waals surface area contributed by atoms with E-state index in [0.717, 1.165) is 116 Å². The van der Waals surface area contributed by atoms with Gasteiger partial charge in [0.2, 0.25) is 0 Å². The zero-order valence-corrected chi connectivity index (χ0v) is 41.2. The molecule has 63 heavy (non-hydrogen) atoms. The highest BCUT2D eigenvalue weighted by atomic mass is 16.5. The summed E-state index contributed by atoms with van der Waals surface area (Å²) in [5.41, 5.74) is 0.331. The maximum atomic E-state index is 12.9. The third-order valence-electron chi connectivity index (χ3n) is 12.4. The Morgan fingerprint density at radius 2 is 1.03 bits per heavy atom. The minimum Gasteiger partial charge on any atom is -0.495 e. The van der Waals surface area contributed by atoms with Crippen LogP contribution in [0, 0.1) is 0 Å². The number of nitrogens with one attached hydrogen (secondary N) is 2. The maximum absolute atomic E-state index is 12.9. The van der Waals surface area contributed by atoms with Gasteiger partial charge >= 0.3 is 11.9 Å². The van der Waals surface area contributed by atoms with E-state index in [-0.39, 0.29) is 29.8 Å². The number of aromatic hydroxyl groups is 1. The van der Waals surface area contributed by atoms with Crippen molar-refractivity contribution in [3.8, 4) is 5.88 Å². The van der Waals surface area contributed by atoms with Crippen LogP contribution in [0.1, 0.15) is 262 Å². The fraction of sp³-hybridized carbons (Fsp3) is 0.868. The van der Waals surface area contributed by atoms with E-state index in [2.05, 4.69) is 36.0 Å². The molecule has 1 atom stereocenters. The van der Waals surface area contributed by atoms with E-state index in [1.54, 1.807) is 6.07 Å². The Morgan fingerprint density at radius 3 is 1.57 bits per heavy atom. The number of rotatable bonds is 47. The number of carbonyl (C=O) groups excluding carboxylic acids is 3. The average Bonchev–Trinajstić information content (AvgIpc) is 3.71. The third-order valence-corrected chi connectivity index (χ3v) is 12.4. The van der Waals surface area contributed by atoms with Gasteiger partial charge < -0.3 is 34.9 Å². The van der Waals surface area contributed by atoms with Gasteiger partial charge in [0.05, 0.1) is 12.7 Å². The van der Waals surface area contributed by atoms with Crippen molar-refractivity contribution in [2.45, 2.75) is 264 Å². The number of ether oxygens (including phenoxy) is 2. The number of nitrogens with zero attached hydrogens (tertiary/aromatic N) is 1. The third kappa shape index (κ3) is 37.3. The van der Waals surface area contributed by atoms with Crippen molar-refractivity contribution >= 4 is 17.8 Å². The second-order valence-electron chi connectivity index (χ2n) is 18.6. The molecular weight excluding hydrogens is 791 g/mol. The van der Waals surface area contributed by atoms with Crippen molar-refractivity contribution in [2.24, 2.45) is 0 Å². The summed E-state index contributed by atoms with van der Waals surface area (Å²) in [7, 11) is 0. The topological polar surface area (TPSA) is 141 Å². The molecule has 10 nitrogen and oxygen atoms in total. The van der Waals surface area contributed by atoms with Crippen LogP contribution in [0.3, 0.4) is 0 Å². The van der Waals surface area contributed by atoms with Gasteiger partial charge in [-0.15, -0.1) is 0 Å². The molecule has 0 aliphatic rings. The van der Waals surface area contributed by atoms with Crippen molar-refractivity contribution in [1.82, 2.24) is 15.2 Å². The molecule has 368 valence electrons. The van der Waals surface area contributed by atoms with E-state index in [9.17, 15) is 24.6 Å². The van der Waals surface area contributed by atoms with E-state index < -0.39 is 6.10 Å². The molecule has 0 aliphatic carbocycles. The molecule has 1 amide bonds. The van der Waals surface area contributed by atoms with Gasteiger partial charge in [0.25, 0.3) is 5.91 Å². The highest BCUT2D eigenvalue weighted by Gasteiger charge is 2.16. The summed E-state index contributed by atoms with van der Waals surface area (Å²) in [5, 5.41) is 23.3. The molecule has 0 radical (unpaired) electrons. The number of hydrogen-bond donors (Lipinski definition) is 4. The van der Waals surface area contributed by atoms with E-state index in [1.807, 2.05) is 0 Å². The molecule has 0 saturated carbocycles. The first-order valence-corrected chi connectivity index (χ1v) is 26.7. The minimum absolute atomic E-state index is 0.0209. The number of hydrogen-bond acceptors (Lipinski definition) is 8. The molecular formula is C53H99N3O7. The fourth-order valence-electron chi connectivity index (χ4n) is 8.40. The zero-order chi connectivity index (χ0) is 45.9. The number of esters is 2. The van der Waals surface area contributed by atoms with E-state index >= 15 is 0 Å². The highest BCUT2D eigenvalue weighted by Crippen LogP contribution is 2.19. The summed E-state index contributed by atoms with van der Waals surface area (Å²) in [6, 6.07) is 3.00. The standard InChI is InChI=1S/C53H99N3O7/c1-4-7-10-13-16-17-18-24-34-45-62-51(59)38-29-25-33-44-56(46-47(57)35-30-31-42-54-53(61)49-40-41-50(58)55-49)43-32-23-19-22-28-39-52(60)63-48(36-26-20-14-11-8-5-2)37-27-21-15-12-9-6-3/h40-41,47-48,55,57-58H,4-39,42-46H2,1-3H3,(H,54,61). The molecule has 1 aromatic rings. The van der Waals surface area contributed by atoms with Gasteiger partial charge in [-0.1, -0.05) is 162 Å². The molecule has 0 bridgehead atoms. The molecule has 1 unspecified atom stereocenters. The van der Waals surface area contributed by atoms with Crippen LogP contribution in [-0.2, 0) is 19.1 Å². The van der Waals surface area contributed by atoms with Crippen molar-refractivity contribution in [2.75, 3.05) is 32.8 Å². The number of aliphatic hydroxyl groups excluding tert-OH is 1. The van der Waals surface area contributed by atoms with Gasteiger partial charge in [0, 0.05) is 32.0 Å². The molecule has 0 aliphatic heterocycles. The van der Waals surface area contributed by atoms with Crippen LogP contribution in [0.5, 0.6) is 5.88 Å². The van der Waals surface area contributed by atoms with Gasteiger partial charge in [0.1, 0.15) is 11.8 Å². The van der Waals surface area contributed by atoms with Crippen molar-refractivity contribution < 1.29 is 34.1 Å². The van der Waals surface area contributed by atoms with Crippen LogP contribution in [0.25, 0.3) is 0 Å². The molecule has 1 rings (SSSR count). The Kier molecular flexibility index (Phi) is 40.2. The molecule has 10 heteroatoms. The number of amides is 1. The molecule has 4 N–H and O–H groups in total. The van der Waals surface area contributed by atoms with E-state index in [0.29, 0.717) is 44.7 Å². The number of aromatic amines is 1. The maximum Gasteiger partial charge on any atom is 0.306 e. The molecule has 1 aromatic heterocycles. The lowest BCUT2D eigenvalue weighted by atomic mass is 10.0. The highest BCUT2D eigenvalue weighted by molar-refractivity contribution is 5.92. The zero-order valence-electron chi connectivity index (χ0n) is 41.2. The molecule has 0 aromatic carbocycles. The Balaban J connectivity index is 2.41. The lowest BCUT2D eigenvalue weighted by Gasteiger charge is -2.25. The van der Waals surface area contributed by atoms with Crippen LogP contribution < -0.4 is 5.32 Å². The van der Waals surface area contributed by atoms with Gasteiger partial charge in [-0.05, 0) is 96.2 Å². The predicted molar refractivity (Wildman–Crippen MR) is 261 cm³/mol. The Hall–Kier alpha value is -2.59. The first kappa shape index (κ1) is 58.4. The SMILES string of the molecule is CCCCCCCCCCCOC(=O)CCCCCN(CCCCCCCC(=O)OC(CCCCCCCC)CCCCCCCC)CC(O)CCCCNC(=O)c1ccc(O)[nH]1. The molecule has 0 spiro atoms. The minimum atomic E-state index is -0.450. The van der Waals surface area contributed by atoms with Crippen molar-refractivity contribution in [1.29, 1.82) is 0 Å². The molecule has 0 fully saturated rings. The van der Waals surface area contributed by atoms with E-state index in [1.165, 1.54) is 115 Å². The van der Waals surface area contributed by atoms with Gasteiger partial charge in [0.15, 0.2) is 5.88 Å². The summed E-state index contributed by atoms with van der Waals surface area (Å²) in [4.78, 5) is 42.4. The fourth-order valence-corrected chi connectivity index (χ4v) is 8.40. The van der Waals surface area contributed by atoms with Gasteiger partial charge in [-0.3, -0.25) is 14.4 Å². The van der Waals surface area contributed by atoms with Gasteiger partial charge in [-0.2, -0.15) is 0 Å². The summed E-state index contributed by atoms with van der Waals surface area (Å²) < 4.78 is 11.6. The number of H-pyrrole nitrogens is 1. The van der Waals surface area contributed by atoms with Crippen LogP contribution >= 0.6 is 0 Å². The summed E-state index contributed by atoms with van der Waals surface area (Å²) >= 11 is 0. The Labute approximate surface area is 386 Å². The molecule has 0 saturated heterocycles. The van der Waals surface area contributed by atoms with Crippen LogP contribution in [-0.4, -0.2) is 82.9 Å². The number of aromatic nitrogens is 1. The monoisotopic (exact) mass is 890 g/mol. The van der Waals surface area contributed by atoms with Crippen molar-refractivity contribution in [3.05, 3.63) is 17.8 Å². The summed E-state index contributed by atoms with van der Waals surface area (Å²) in [6.45, 7) is 10.2. The van der Waals surface area contributed by atoms with Crippen LogP contribution in [0.4, 0.5) is 0 Å². The van der Waals surface area contributed by atoms with Crippen LogP contribution in [0.2, 0.25) is 0 Å². The second-order valence-corrected chi connectivity index (χ2v) is 18.6. The largest absolute Gasteiger partial charge is 0.495 e. The predicted octanol–water partition coefficient (Wildman–Crippen LogP) is 13.7. The first-order chi connectivity index (χ1) is 30.8.